The van der Waals surface area contributed by atoms with Crippen molar-refractivity contribution in [1.82, 2.24) is 14.9 Å². The van der Waals surface area contributed by atoms with E-state index in [1.165, 1.54) is 17.4 Å². The van der Waals surface area contributed by atoms with Gasteiger partial charge in [0.15, 0.2) is 0 Å². The van der Waals surface area contributed by atoms with E-state index in [-0.39, 0.29) is 18.3 Å². The second kappa shape index (κ2) is 8.92. The van der Waals surface area contributed by atoms with Crippen LogP contribution in [0, 0.1) is 5.82 Å². The lowest BCUT2D eigenvalue weighted by atomic mass is 10.1. The maximum atomic E-state index is 14.7. The second-order valence-corrected chi connectivity index (χ2v) is 8.50. The molecule has 0 radical (unpaired) electrons. The van der Waals surface area contributed by atoms with Crippen LogP contribution >= 0.6 is 11.3 Å². The van der Waals surface area contributed by atoms with Gasteiger partial charge in [-0.05, 0) is 30.3 Å². The van der Waals surface area contributed by atoms with Gasteiger partial charge in [0.1, 0.15) is 18.2 Å². The second-order valence-electron chi connectivity index (χ2n) is 7.45. The van der Waals surface area contributed by atoms with Crippen LogP contribution < -0.4 is 9.64 Å². The largest absolute Gasteiger partial charge is 0.489 e. The molecule has 162 valence electrons. The monoisotopic (exact) mass is 448 g/mol. The Hall–Kier alpha value is -3.52. The van der Waals surface area contributed by atoms with Gasteiger partial charge >= 0.3 is 0 Å². The van der Waals surface area contributed by atoms with Gasteiger partial charge in [0.25, 0.3) is 5.91 Å². The molecule has 0 atom stereocenters. The molecular formula is C24H21FN4O2S. The van der Waals surface area contributed by atoms with Crippen molar-refractivity contribution >= 4 is 33.3 Å². The molecule has 0 N–H and O–H groups in total. The van der Waals surface area contributed by atoms with E-state index in [1.807, 2.05) is 41.3 Å². The van der Waals surface area contributed by atoms with E-state index in [0.717, 1.165) is 4.70 Å². The van der Waals surface area contributed by atoms with Crippen molar-refractivity contribution in [3.63, 3.8) is 0 Å². The maximum Gasteiger partial charge on any atom is 0.264 e. The summed E-state index contributed by atoms with van der Waals surface area (Å²) in [5, 5.41) is 0.466. The highest BCUT2D eigenvalue weighted by Gasteiger charge is 2.28. The molecule has 0 saturated carbocycles. The number of piperazine rings is 1. The highest BCUT2D eigenvalue weighted by molar-refractivity contribution is 7.21. The smallest absolute Gasteiger partial charge is 0.264 e. The Kier molecular flexibility index (Phi) is 5.68. The number of hydrogen-bond acceptors (Lipinski definition) is 6. The quantitative estimate of drug-likeness (QED) is 0.454. The first-order chi connectivity index (χ1) is 15.7. The van der Waals surface area contributed by atoms with E-state index in [9.17, 15) is 9.18 Å². The summed E-state index contributed by atoms with van der Waals surface area (Å²) in [6.45, 7) is 2.51. The van der Waals surface area contributed by atoms with Crippen molar-refractivity contribution in [1.29, 1.82) is 0 Å². The molecule has 1 amide bonds. The molecule has 0 bridgehead atoms. The van der Waals surface area contributed by atoms with Crippen molar-refractivity contribution in [3.05, 3.63) is 83.2 Å². The lowest BCUT2D eigenvalue weighted by Crippen LogP contribution is -2.49. The number of benzene rings is 2. The molecule has 8 heteroatoms. The van der Waals surface area contributed by atoms with Crippen molar-refractivity contribution in [2.45, 2.75) is 6.61 Å². The van der Waals surface area contributed by atoms with E-state index < -0.39 is 0 Å². The fourth-order valence-corrected chi connectivity index (χ4v) is 5.05. The minimum absolute atomic E-state index is 0.0918. The molecule has 6 nitrogen and oxygen atoms in total. The molecule has 0 unspecified atom stereocenters. The normalized spacial score (nSPS) is 14.0. The molecule has 0 aliphatic carbocycles. The van der Waals surface area contributed by atoms with Crippen molar-refractivity contribution in [2.75, 3.05) is 31.1 Å². The van der Waals surface area contributed by atoms with Gasteiger partial charge in [-0.2, -0.15) is 0 Å². The predicted octanol–water partition coefficient (Wildman–Crippen LogP) is 4.37. The summed E-state index contributed by atoms with van der Waals surface area (Å²) in [4.78, 5) is 26.5. The number of anilines is 1. The molecule has 1 aliphatic rings. The van der Waals surface area contributed by atoms with E-state index in [0.29, 0.717) is 53.7 Å². The molecule has 3 heterocycles. The number of rotatable bonds is 5. The van der Waals surface area contributed by atoms with Gasteiger partial charge in [0.05, 0.1) is 4.88 Å². The van der Waals surface area contributed by atoms with Gasteiger partial charge < -0.3 is 14.5 Å². The molecule has 2 aromatic carbocycles. The van der Waals surface area contributed by atoms with Crippen LogP contribution in [0.1, 0.15) is 15.2 Å². The highest BCUT2D eigenvalue weighted by atomic mass is 32.1. The Labute approximate surface area is 188 Å². The Morgan fingerprint density at radius 1 is 0.969 bits per heavy atom. The van der Waals surface area contributed by atoms with Gasteiger partial charge in [-0.1, -0.05) is 24.3 Å². The SMILES string of the molecule is O=C(c1sc2cccc(F)c2c1COc1ccccc1)N1CCN(c2ncccn2)CC1. The van der Waals surface area contributed by atoms with E-state index in [4.69, 9.17) is 4.74 Å². The molecule has 1 saturated heterocycles. The first kappa shape index (κ1) is 20.4. The number of carbonyl (C=O) groups excluding carboxylic acids is 1. The van der Waals surface area contributed by atoms with E-state index in [1.54, 1.807) is 24.5 Å². The summed E-state index contributed by atoms with van der Waals surface area (Å²) in [6, 6.07) is 16.1. The van der Waals surface area contributed by atoms with Crippen LogP contribution in [0.4, 0.5) is 10.3 Å². The zero-order valence-corrected chi connectivity index (χ0v) is 18.1. The topological polar surface area (TPSA) is 58.6 Å². The van der Waals surface area contributed by atoms with Crippen LogP contribution in [-0.4, -0.2) is 47.0 Å². The van der Waals surface area contributed by atoms with Gasteiger partial charge in [-0.15, -0.1) is 11.3 Å². The molecular weight excluding hydrogens is 427 g/mol. The average molecular weight is 449 g/mol. The van der Waals surface area contributed by atoms with E-state index >= 15 is 0 Å². The van der Waals surface area contributed by atoms with Crippen LogP contribution in [-0.2, 0) is 6.61 Å². The third-order valence-corrected chi connectivity index (χ3v) is 6.67. The summed E-state index contributed by atoms with van der Waals surface area (Å²) in [5.41, 5.74) is 0.603. The molecule has 1 fully saturated rings. The molecule has 4 aromatic rings. The number of aromatic nitrogens is 2. The zero-order valence-electron chi connectivity index (χ0n) is 17.3. The fourth-order valence-electron chi connectivity index (χ4n) is 3.86. The summed E-state index contributed by atoms with van der Waals surface area (Å²) in [5.74, 6) is 0.917. The zero-order chi connectivity index (χ0) is 21.9. The number of fused-ring (bicyclic) bond motifs is 1. The van der Waals surface area contributed by atoms with Crippen molar-refractivity contribution in [3.8, 4) is 5.75 Å². The van der Waals surface area contributed by atoms with Crippen LogP contribution in [0.25, 0.3) is 10.1 Å². The number of hydrogen-bond donors (Lipinski definition) is 0. The Morgan fingerprint density at radius 3 is 2.47 bits per heavy atom. The molecule has 1 aliphatic heterocycles. The molecule has 32 heavy (non-hydrogen) atoms. The summed E-state index contributed by atoms with van der Waals surface area (Å²) in [6.07, 6.45) is 3.43. The molecule has 5 rings (SSSR count). The third kappa shape index (κ3) is 4.01. The van der Waals surface area contributed by atoms with Crippen LogP contribution in [0.3, 0.4) is 0 Å². The third-order valence-electron chi connectivity index (χ3n) is 5.49. The fraction of sp³-hybridized carbons (Fsp3) is 0.208. The number of para-hydroxylation sites is 1. The highest BCUT2D eigenvalue weighted by Crippen LogP contribution is 2.35. The van der Waals surface area contributed by atoms with Crippen LogP contribution in [0.5, 0.6) is 5.75 Å². The van der Waals surface area contributed by atoms with Crippen LogP contribution in [0.15, 0.2) is 67.0 Å². The van der Waals surface area contributed by atoms with Gasteiger partial charge in [-0.3, -0.25) is 4.79 Å². The Morgan fingerprint density at radius 2 is 1.72 bits per heavy atom. The van der Waals surface area contributed by atoms with Crippen molar-refractivity contribution in [2.24, 2.45) is 0 Å². The lowest BCUT2D eigenvalue weighted by molar-refractivity contribution is 0.0748. The number of halogens is 1. The average Bonchev–Trinajstić information content (AvgIpc) is 3.23. The number of ether oxygens (including phenoxy) is 1. The maximum absolute atomic E-state index is 14.7. The number of amides is 1. The summed E-state index contributed by atoms with van der Waals surface area (Å²) in [7, 11) is 0. The summed E-state index contributed by atoms with van der Waals surface area (Å²) < 4.78 is 21.4. The Bertz CT molecular complexity index is 1220. The van der Waals surface area contributed by atoms with Gasteiger partial charge in [0.2, 0.25) is 5.95 Å². The summed E-state index contributed by atoms with van der Waals surface area (Å²) >= 11 is 1.32. The Balaban J connectivity index is 1.39. The first-order valence-corrected chi connectivity index (χ1v) is 11.2. The van der Waals surface area contributed by atoms with Crippen molar-refractivity contribution < 1.29 is 13.9 Å². The van der Waals surface area contributed by atoms with E-state index in [2.05, 4.69) is 14.9 Å². The standard InChI is InChI=1S/C24H21FN4O2S/c25-19-8-4-9-20-21(19)18(16-31-17-6-2-1-3-7-17)22(32-20)23(30)28-12-14-29(15-13-28)24-26-10-5-11-27-24/h1-11H,12-16H2. The first-order valence-electron chi connectivity index (χ1n) is 10.4. The van der Waals surface area contributed by atoms with Gasteiger partial charge in [-0.25, -0.2) is 14.4 Å². The number of nitrogens with zero attached hydrogens (tertiary/aromatic N) is 4. The molecule has 0 spiro atoms. The van der Waals surface area contributed by atoms with Gasteiger partial charge in [0, 0.05) is 54.2 Å². The lowest BCUT2D eigenvalue weighted by Gasteiger charge is -2.34. The van der Waals surface area contributed by atoms with Crippen LogP contribution in [0.2, 0.25) is 0 Å². The minimum atomic E-state index is -0.337. The minimum Gasteiger partial charge on any atom is -0.489 e. The number of carbonyl (C=O) groups is 1. The number of thiophene rings is 1. The predicted molar refractivity (Wildman–Crippen MR) is 123 cm³/mol. The molecule has 2 aromatic heterocycles.